The van der Waals surface area contributed by atoms with Gasteiger partial charge >= 0.3 is 12.1 Å². The lowest BCUT2D eigenvalue weighted by molar-refractivity contribution is -0.151. The minimum Gasteiger partial charge on any atom is -0.497 e. The molecule has 0 saturated carbocycles. The van der Waals surface area contributed by atoms with Gasteiger partial charge in [0, 0.05) is 6.42 Å². The topological polar surface area (TPSA) is 103 Å². The van der Waals surface area contributed by atoms with Gasteiger partial charge in [-0.15, -0.1) is 0 Å². The van der Waals surface area contributed by atoms with Gasteiger partial charge in [-0.3, -0.25) is 4.79 Å². The fourth-order valence-electron chi connectivity index (χ4n) is 2.74. The first-order valence-electron chi connectivity index (χ1n) is 10.5. The minimum atomic E-state index is -0.912. The summed E-state index contributed by atoms with van der Waals surface area (Å²) < 4.78 is 15.7. The summed E-state index contributed by atoms with van der Waals surface area (Å²) in [6.45, 7) is 12.3. The van der Waals surface area contributed by atoms with Crippen LogP contribution >= 0.6 is 0 Å². The summed E-state index contributed by atoms with van der Waals surface area (Å²) in [5, 5.41) is 5.33. The van der Waals surface area contributed by atoms with E-state index in [1.165, 1.54) is 0 Å². The summed E-state index contributed by atoms with van der Waals surface area (Å²) >= 11 is 0. The molecule has 0 aliphatic rings. The minimum absolute atomic E-state index is 0.227. The van der Waals surface area contributed by atoms with Crippen molar-refractivity contribution in [1.82, 2.24) is 10.6 Å². The van der Waals surface area contributed by atoms with Crippen molar-refractivity contribution in [3.05, 3.63) is 29.8 Å². The van der Waals surface area contributed by atoms with E-state index in [2.05, 4.69) is 10.6 Å². The molecule has 0 aliphatic heterocycles. The number of alkyl carbamates (subject to hydrolysis) is 1. The van der Waals surface area contributed by atoms with Crippen molar-refractivity contribution in [2.24, 2.45) is 5.92 Å². The predicted molar refractivity (Wildman–Crippen MR) is 118 cm³/mol. The average molecular weight is 437 g/mol. The first-order chi connectivity index (χ1) is 14.3. The van der Waals surface area contributed by atoms with Crippen LogP contribution in [-0.4, -0.2) is 48.9 Å². The maximum Gasteiger partial charge on any atom is 0.408 e. The molecular weight excluding hydrogens is 400 g/mol. The molecule has 0 bridgehead atoms. The van der Waals surface area contributed by atoms with E-state index in [-0.39, 0.29) is 18.4 Å². The second kappa shape index (κ2) is 11.6. The lowest BCUT2D eigenvalue weighted by Crippen LogP contribution is -2.55. The maximum atomic E-state index is 13.0. The van der Waals surface area contributed by atoms with Gasteiger partial charge in [0.1, 0.15) is 23.4 Å². The largest absolute Gasteiger partial charge is 0.497 e. The molecule has 1 aromatic rings. The molecule has 8 nitrogen and oxygen atoms in total. The maximum absolute atomic E-state index is 13.0. The molecule has 0 saturated heterocycles. The van der Waals surface area contributed by atoms with E-state index in [4.69, 9.17) is 14.2 Å². The zero-order valence-electron chi connectivity index (χ0n) is 19.8. The number of amides is 2. The quantitative estimate of drug-likeness (QED) is 0.576. The van der Waals surface area contributed by atoms with Crippen molar-refractivity contribution >= 4 is 18.0 Å². The monoisotopic (exact) mass is 436 g/mol. The van der Waals surface area contributed by atoms with E-state index in [9.17, 15) is 14.4 Å². The van der Waals surface area contributed by atoms with Crippen LogP contribution in [0, 0.1) is 5.92 Å². The number of carbonyl (C=O) groups excluding carboxylic acids is 3. The summed E-state index contributed by atoms with van der Waals surface area (Å²) in [6.07, 6.45) is -0.792. The lowest BCUT2D eigenvalue weighted by atomic mass is 10.0. The standard InChI is InChI=1S/C23H36N2O6/c1-14(2)19(25-22(28)31-23(5,6)7)20(26)24-18(21(27)30-15(3)4)13-16-9-11-17(29-8)12-10-16/h9-12,14-15,18-19H,13H2,1-8H3,(H,24,26)(H,25,28). The first-order valence-corrected chi connectivity index (χ1v) is 10.5. The zero-order valence-corrected chi connectivity index (χ0v) is 19.8. The Kier molecular flexibility index (Phi) is 9.81. The Balaban J connectivity index is 2.98. The highest BCUT2D eigenvalue weighted by Gasteiger charge is 2.31. The van der Waals surface area contributed by atoms with Crippen LogP contribution in [0.5, 0.6) is 5.75 Å². The van der Waals surface area contributed by atoms with Gasteiger partial charge < -0.3 is 24.8 Å². The molecule has 0 aliphatic carbocycles. The first kappa shape index (κ1) is 26.3. The van der Waals surface area contributed by atoms with Crippen molar-refractivity contribution in [3.8, 4) is 5.75 Å². The van der Waals surface area contributed by atoms with Crippen LogP contribution in [0.15, 0.2) is 24.3 Å². The SMILES string of the molecule is COc1ccc(CC(NC(=O)C(NC(=O)OC(C)(C)C)C(C)C)C(=O)OC(C)C)cc1. The number of benzene rings is 1. The van der Waals surface area contributed by atoms with Crippen LogP contribution in [0.1, 0.15) is 54.0 Å². The smallest absolute Gasteiger partial charge is 0.408 e. The highest BCUT2D eigenvalue weighted by atomic mass is 16.6. The number of hydrogen-bond donors (Lipinski definition) is 2. The number of ether oxygens (including phenoxy) is 3. The molecule has 2 atom stereocenters. The Hall–Kier alpha value is -2.77. The van der Waals surface area contributed by atoms with Crippen molar-refractivity contribution in [2.75, 3.05) is 7.11 Å². The molecule has 174 valence electrons. The second-order valence-electron chi connectivity index (χ2n) is 8.97. The Morgan fingerprint density at radius 3 is 2.00 bits per heavy atom. The third-order valence-corrected chi connectivity index (χ3v) is 4.17. The fraction of sp³-hybridized carbons (Fsp3) is 0.609. The van der Waals surface area contributed by atoms with Gasteiger partial charge in [0.05, 0.1) is 13.2 Å². The number of hydrogen-bond acceptors (Lipinski definition) is 6. The van der Waals surface area contributed by atoms with E-state index in [0.29, 0.717) is 5.75 Å². The Labute approximate surface area is 185 Å². The van der Waals surface area contributed by atoms with Gasteiger partial charge in [0.15, 0.2) is 0 Å². The summed E-state index contributed by atoms with van der Waals surface area (Å²) in [4.78, 5) is 37.8. The molecule has 31 heavy (non-hydrogen) atoms. The fourth-order valence-corrected chi connectivity index (χ4v) is 2.74. The van der Waals surface area contributed by atoms with Crippen molar-refractivity contribution in [2.45, 2.75) is 78.7 Å². The zero-order chi connectivity index (χ0) is 23.8. The third kappa shape index (κ3) is 9.72. The summed E-state index contributed by atoms with van der Waals surface area (Å²) in [7, 11) is 1.57. The van der Waals surface area contributed by atoms with Gasteiger partial charge in [-0.1, -0.05) is 26.0 Å². The third-order valence-electron chi connectivity index (χ3n) is 4.17. The highest BCUT2D eigenvalue weighted by Crippen LogP contribution is 2.14. The molecule has 0 fully saturated rings. The molecule has 0 aromatic heterocycles. The number of esters is 1. The average Bonchev–Trinajstić information content (AvgIpc) is 2.63. The molecule has 0 heterocycles. The molecule has 1 rings (SSSR count). The van der Waals surface area contributed by atoms with Crippen LogP contribution in [0.3, 0.4) is 0 Å². The molecule has 0 spiro atoms. The molecule has 0 radical (unpaired) electrons. The Morgan fingerprint density at radius 1 is 0.968 bits per heavy atom. The van der Waals surface area contributed by atoms with Crippen molar-refractivity contribution < 1.29 is 28.6 Å². The normalized spacial score (nSPS) is 13.4. The Bertz CT molecular complexity index is 737. The van der Waals surface area contributed by atoms with Crippen LogP contribution in [0.2, 0.25) is 0 Å². The molecule has 2 amide bonds. The predicted octanol–water partition coefficient (Wildman–Crippen LogP) is 3.22. The van der Waals surface area contributed by atoms with E-state index in [0.717, 1.165) is 5.56 Å². The Morgan fingerprint density at radius 2 is 1.55 bits per heavy atom. The highest BCUT2D eigenvalue weighted by molar-refractivity contribution is 5.90. The van der Waals surface area contributed by atoms with Gasteiger partial charge in [-0.25, -0.2) is 9.59 Å². The summed E-state index contributed by atoms with van der Waals surface area (Å²) in [5.41, 5.74) is 0.132. The molecular formula is C23H36N2O6. The lowest BCUT2D eigenvalue weighted by Gasteiger charge is -2.27. The number of nitrogens with one attached hydrogen (secondary N) is 2. The van der Waals surface area contributed by atoms with Crippen LogP contribution < -0.4 is 15.4 Å². The number of methoxy groups -OCH3 is 1. The van der Waals surface area contributed by atoms with Crippen molar-refractivity contribution in [1.29, 1.82) is 0 Å². The second-order valence-corrected chi connectivity index (χ2v) is 8.97. The van der Waals surface area contributed by atoms with E-state index >= 15 is 0 Å². The number of rotatable bonds is 9. The molecule has 8 heteroatoms. The van der Waals surface area contributed by atoms with E-state index in [1.807, 2.05) is 12.1 Å². The van der Waals surface area contributed by atoms with Gasteiger partial charge in [0.2, 0.25) is 5.91 Å². The molecule has 2 unspecified atom stereocenters. The van der Waals surface area contributed by atoms with Gasteiger partial charge in [-0.2, -0.15) is 0 Å². The van der Waals surface area contributed by atoms with Crippen LogP contribution in [0.4, 0.5) is 4.79 Å². The van der Waals surface area contributed by atoms with Crippen molar-refractivity contribution in [3.63, 3.8) is 0 Å². The molecule has 1 aromatic carbocycles. The van der Waals surface area contributed by atoms with Crippen LogP contribution in [-0.2, 0) is 25.5 Å². The summed E-state index contributed by atoms with van der Waals surface area (Å²) in [5.74, 6) is -0.565. The van der Waals surface area contributed by atoms with E-state index in [1.54, 1.807) is 67.7 Å². The van der Waals surface area contributed by atoms with E-state index < -0.39 is 35.7 Å². The summed E-state index contributed by atoms with van der Waals surface area (Å²) in [6, 6.07) is 5.41. The molecule has 2 N–H and O–H groups in total. The van der Waals surface area contributed by atoms with Gasteiger partial charge in [0.25, 0.3) is 0 Å². The number of carbonyl (C=O) groups is 3. The van der Waals surface area contributed by atoms with Gasteiger partial charge in [-0.05, 0) is 58.2 Å². The van der Waals surface area contributed by atoms with Crippen LogP contribution in [0.25, 0.3) is 0 Å².